The van der Waals surface area contributed by atoms with Crippen molar-refractivity contribution < 1.29 is 19.1 Å². The van der Waals surface area contributed by atoms with Crippen LogP contribution in [-0.4, -0.2) is 45.4 Å². The molecule has 2 aliphatic rings. The number of carbonyl (C=O) groups excluding carboxylic acids is 3. The Balaban J connectivity index is 1.30. The van der Waals surface area contributed by atoms with Gasteiger partial charge in [0.05, 0.1) is 24.2 Å². The number of ether oxygens (including phenoxy) is 1. The molecule has 0 unspecified atom stereocenters. The van der Waals surface area contributed by atoms with E-state index in [9.17, 15) is 14.4 Å². The second-order valence-corrected chi connectivity index (χ2v) is 7.67. The highest BCUT2D eigenvalue weighted by atomic mass is 16.5. The lowest BCUT2D eigenvalue weighted by Crippen LogP contribution is -2.48. The minimum atomic E-state index is -1.19. The van der Waals surface area contributed by atoms with Crippen LogP contribution in [0, 0.1) is 0 Å². The first-order valence-corrected chi connectivity index (χ1v) is 10.0. The Morgan fingerprint density at radius 1 is 1.19 bits per heavy atom. The Labute approximate surface area is 178 Å². The molecule has 1 atom stereocenters. The van der Waals surface area contributed by atoms with Gasteiger partial charge in [0, 0.05) is 19.0 Å². The maximum Gasteiger partial charge on any atom is 0.325 e. The van der Waals surface area contributed by atoms with Gasteiger partial charge in [-0.15, -0.1) is 0 Å². The molecule has 9 heteroatoms. The predicted molar refractivity (Wildman–Crippen MR) is 111 cm³/mol. The molecule has 1 aromatic heterocycles. The Morgan fingerprint density at radius 3 is 2.81 bits per heavy atom. The molecule has 0 aliphatic carbocycles. The van der Waals surface area contributed by atoms with Crippen LogP contribution in [0.25, 0.3) is 11.0 Å². The molecule has 0 radical (unpaired) electrons. The highest BCUT2D eigenvalue weighted by molar-refractivity contribution is 6.09. The number of fused-ring (bicyclic) bond motifs is 3. The second-order valence-electron chi connectivity index (χ2n) is 7.67. The summed E-state index contributed by atoms with van der Waals surface area (Å²) in [6, 6.07) is 14.2. The molecule has 5 rings (SSSR count). The fourth-order valence-electron chi connectivity index (χ4n) is 4.25. The van der Waals surface area contributed by atoms with Crippen molar-refractivity contribution in [2.75, 3.05) is 13.2 Å². The lowest BCUT2D eigenvalue weighted by molar-refractivity contribution is -0.136. The van der Waals surface area contributed by atoms with Crippen LogP contribution in [0.4, 0.5) is 4.79 Å². The van der Waals surface area contributed by atoms with Crippen LogP contribution in [0.15, 0.2) is 48.5 Å². The lowest BCUT2D eigenvalue weighted by atomic mass is 9.84. The Bertz CT molecular complexity index is 1220. The summed E-state index contributed by atoms with van der Waals surface area (Å²) in [5.74, 6) is 0.371. The molecular weight excluding hydrogens is 398 g/mol. The van der Waals surface area contributed by atoms with E-state index in [-0.39, 0.29) is 13.1 Å². The van der Waals surface area contributed by atoms with Crippen molar-refractivity contribution in [3.8, 4) is 5.75 Å². The maximum absolute atomic E-state index is 13.2. The number of urea groups is 1. The number of para-hydroxylation sites is 3. The van der Waals surface area contributed by atoms with Crippen LogP contribution >= 0.6 is 0 Å². The smallest absolute Gasteiger partial charge is 0.325 e. The molecule has 2 N–H and O–H groups in total. The number of rotatable bonds is 4. The fraction of sp³-hybridized carbons (Fsp3) is 0.273. The Morgan fingerprint density at radius 2 is 1.97 bits per heavy atom. The number of aryl methyl sites for hydroxylation is 1. The number of benzene rings is 2. The molecule has 3 aromatic rings. The molecule has 3 heterocycles. The average molecular weight is 419 g/mol. The fourth-order valence-corrected chi connectivity index (χ4v) is 4.25. The quantitative estimate of drug-likeness (QED) is 0.623. The van der Waals surface area contributed by atoms with Crippen LogP contribution in [0.1, 0.15) is 17.8 Å². The first-order valence-electron chi connectivity index (χ1n) is 10.0. The number of carbonyl (C=O) groups is 3. The zero-order chi connectivity index (χ0) is 21.6. The van der Waals surface area contributed by atoms with Gasteiger partial charge in [0.1, 0.15) is 18.1 Å². The van der Waals surface area contributed by atoms with E-state index in [2.05, 4.69) is 15.6 Å². The minimum absolute atomic E-state index is 0.190. The van der Waals surface area contributed by atoms with E-state index in [1.807, 2.05) is 41.9 Å². The van der Waals surface area contributed by atoms with E-state index in [1.54, 1.807) is 18.2 Å². The van der Waals surface area contributed by atoms with E-state index in [1.165, 1.54) is 0 Å². The summed E-state index contributed by atoms with van der Waals surface area (Å²) in [6.45, 7) is 0.130. The van der Waals surface area contributed by atoms with Crippen molar-refractivity contribution in [3.05, 3.63) is 59.9 Å². The topological polar surface area (TPSA) is 106 Å². The van der Waals surface area contributed by atoms with E-state index in [0.717, 1.165) is 15.9 Å². The standard InChI is InChI=1S/C22H21N5O4/c1-26-16-8-4-3-7-15(16)24-18(26)12-23-19(28)13-27-20(29)22(25-21(27)30)10-11-31-17-9-5-2-6-14(17)22/h2-9H,10-13H2,1H3,(H,23,28)(H,25,30)/t22-/m0/s1. The predicted octanol–water partition coefficient (Wildman–Crippen LogP) is 1.42. The molecule has 2 aromatic carbocycles. The summed E-state index contributed by atoms with van der Waals surface area (Å²) < 4.78 is 7.52. The largest absolute Gasteiger partial charge is 0.493 e. The zero-order valence-electron chi connectivity index (χ0n) is 16.9. The van der Waals surface area contributed by atoms with Crippen LogP contribution in [0.3, 0.4) is 0 Å². The van der Waals surface area contributed by atoms with Gasteiger partial charge in [-0.2, -0.15) is 0 Å². The van der Waals surface area contributed by atoms with Gasteiger partial charge in [-0.3, -0.25) is 14.5 Å². The average Bonchev–Trinajstić information content (AvgIpc) is 3.22. The van der Waals surface area contributed by atoms with Crippen LogP contribution in [0.5, 0.6) is 5.75 Å². The molecule has 1 spiro atoms. The van der Waals surface area contributed by atoms with Gasteiger partial charge in [0.2, 0.25) is 5.91 Å². The highest BCUT2D eigenvalue weighted by Gasteiger charge is 2.55. The van der Waals surface area contributed by atoms with E-state index in [0.29, 0.717) is 30.2 Å². The third-order valence-corrected chi connectivity index (χ3v) is 5.88. The van der Waals surface area contributed by atoms with Gasteiger partial charge in [0.25, 0.3) is 5.91 Å². The van der Waals surface area contributed by atoms with Gasteiger partial charge >= 0.3 is 6.03 Å². The third-order valence-electron chi connectivity index (χ3n) is 5.88. The summed E-state index contributed by atoms with van der Waals surface area (Å²) in [4.78, 5) is 43.9. The molecule has 1 fully saturated rings. The van der Waals surface area contributed by atoms with Crippen molar-refractivity contribution in [3.63, 3.8) is 0 Å². The van der Waals surface area contributed by atoms with Crippen molar-refractivity contribution in [2.45, 2.75) is 18.5 Å². The monoisotopic (exact) mass is 419 g/mol. The van der Waals surface area contributed by atoms with Crippen LogP contribution in [0.2, 0.25) is 0 Å². The first-order chi connectivity index (χ1) is 15.0. The van der Waals surface area contributed by atoms with Crippen molar-refractivity contribution >= 4 is 28.9 Å². The van der Waals surface area contributed by atoms with Crippen molar-refractivity contribution in [2.24, 2.45) is 7.05 Å². The number of amides is 4. The molecular formula is C22H21N5O4. The second kappa shape index (κ2) is 7.12. The number of imidazole rings is 1. The number of hydrogen-bond donors (Lipinski definition) is 2. The highest BCUT2D eigenvalue weighted by Crippen LogP contribution is 2.40. The number of nitrogens with zero attached hydrogens (tertiary/aromatic N) is 3. The molecule has 31 heavy (non-hydrogen) atoms. The van der Waals surface area contributed by atoms with E-state index in [4.69, 9.17) is 4.74 Å². The van der Waals surface area contributed by atoms with Crippen molar-refractivity contribution in [1.82, 2.24) is 25.1 Å². The summed E-state index contributed by atoms with van der Waals surface area (Å²) >= 11 is 0. The number of imide groups is 1. The van der Waals surface area contributed by atoms with Gasteiger partial charge in [-0.1, -0.05) is 30.3 Å². The number of nitrogens with one attached hydrogen (secondary N) is 2. The molecule has 1 saturated heterocycles. The molecule has 9 nitrogen and oxygen atoms in total. The summed E-state index contributed by atoms with van der Waals surface area (Å²) in [6.07, 6.45) is 0.312. The van der Waals surface area contributed by atoms with Gasteiger partial charge < -0.3 is 19.9 Å². The first kappa shape index (κ1) is 19.1. The summed E-state index contributed by atoms with van der Waals surface area (Å²) in [7, 11) is 1.88. The summed E-state index contributed by atoms with van der Waals surface area (Å²) in [5, 5.41) is 5.55. The van der Waals surface area contributed by atoms with Crippen LogP contribution in [-0.2, 0) is 28.7 Å². The molecule has 2 aliphatic heterocycles. The maximum atomic E-state index is 13.2. The number of aromatic nitrogens is 2. The Hall–Kier alpha value is -3.88. The molecule has 4 amide bonds. The van der Waals surface area contributed by atoms with Gasteiger partial charge in [-0.05, 0) is 18.2 Å². The Kier molecular flexibility index (Phi) is 4.39. The lowest BCUT2D eigenvalue weighted by Gasteiger charge is -2.33. The van der Waals surface area contributed by atoms with Gasteiger partial charge in [0.15, 0.2) is 5.54 Å². The van der Waals surface area contributed by atoms with E-state index < -0.39 is 23.4 Å². The minimum Gasteiger partial charge on any atom is -0.493 e. The normalized spacial score (nSPS) is 20.0. The molecule has 0 saturated carbocycles. The SMILES string of the molecule is Cn1c(CNC(=O)CN2C(=O)N[C@]3(CCOc4ccccc43)C2=O)nc2ccccc21. The van der Waals surface area contributed by atoms with Crippen molar-refractivity contribution in [1.29, 1.82) is 0 Å². The molecule has 0 bridgehead atoms. The molecule has 158 valence electrons. The van der Waals surface area contributed by atoms with Gasteiger partial charge in [-0.25, -0.2) is 9.78 Å². The third kappa shape index (κ3) is 3.00. The zero-order valence-corrected chi connectivity index (χ0v) is 16.9. The van der Waals surface area contributed by atoms with E-state index >= 15 is 0 Å². The van der Waals surface area contributed by atoms with Crippen LogP contribution < -0.4 is 15.4 Å². The number of hydrogen-bond acceptors (Lipinski definition) is 5. The summed E-state index contributed by atoms with van der Waals surface area (Å²) in [5.41, 5.74) is 1.22.